The third-order valence-corrected chi connectivity index (χ3v) is 2.51. The average molecular weight is 243 g/mol. The monoisotopic (exact) mass is 243 g/mol. The van der Waals surface area contributed by atoms with E-state index in [4.69, 9.17) is 5.11 Å². The van der Waals surface area contributed by atoms with E-state index in [-0.39, 0.29) is 11.6 Å². The summed E-state index contributed by atoms with van der Waals surface area (Å²) >= 11 is 0. The highest BCUT2D eigenvalue weighted by molar-refractivity contribution is 5.85. The molecule has 0 spiro atoms. The Morgan fingerprint density at radius 3 is 2.78 bits per heavy atom. The van der Waals surface area contributed by atoms with Crippen LogP contribution in [-0.4, -0.2) is 21.0 Å². The first kappa shape index (κ1) is 12.0. The Morgan fingerprint density at radius 2 is 2.06 bits per heavy atom. The van der Waals surface area contributed by atoms with Gasteiger partial charge in [-0.1, -0.05) is 12.1 Å². The van der Waals surface area contributed by atoms with Gasteiger partial charge in [0.1, 0.15) is 0 Å². The number of carbonyl (C=O) groups is 1. The number of aryl methyl sites for hydroxylation is 2. The second-order valence-corrected chi connectivity index (χ2v) is 4.01. The van der Waals surface area contributed by atoms with Gasteiger partial charge >= 0.3 is 5.97 Å². The molecule has 0 unspecified atom stereocenters. The van der Waals surface area contributed by atoms with Crippen molar-refractivity contribution in [3.8, 4) is 0 Å². The van der Waals surface area contributed by atoms with Gasteiger partial charge in [0, 0.05) is 11.9 Å². The maximum absolute atomic E-state index is 10.8. The summed E-state index contributed by atoms with van der Waals surface area (Å²) in [5.74, 6) is -0.787. The minimum absolute atomic E-state index is 0.0298. The Morgan fingerprint density at radius 1 is 1.28 bits per heavy atom. The molecule has 0 saturated carbocycles. The van der Waals surface area contributed by atoms with Crippen molar-refractivity contribution in [3.05, 3.63) is 47.3 Å². The molecule has 18 heavy (non-hydrogen) atoms. The molecule has 0 aliphatic carbocycles. The number of carboxylic acids is 1. The van der Waals surface area contributed by atoms with Gasteiger partial charge in [-0.3, -0.25) is 0 Å². The summed E-state index contributed by atoms with van der Waals surface area (Å²) < 4.78 is 0. The number of nitrogens with zero attached hydrogens (tertiary/aromatic N) is 2. The molecule has 1 aromatic carbocycles. The maximum Gasteiger partial charge on any atom is 0.354 e. The molecule has 1 heterocycles. The lowest BCUT2D eigenvalue weighted by Gasteiger charge is -2.09. The van der Waals surface area contributed by atoms with E-state index in [1.165, 1.54) is 12.3 Å². The van der Waals surface area contributed by atoms with E-state index in [1.54, 1.807) is 0 Å². The van der Waals surface area contributed by atoms with Gasteiger partial charge in [0.05, 0.1) is 0 Å². The fourth-order valence-electron chi connectivity index (χ4n) is 1.53. The lowest BCUT2D eigenvalue weighted by atomic mass is 10.1. The third-order valence-electron chi connectivity index (χ3n) is 2.51. The number of carboxylic acid groups (broad SMARTS) is 1. The normalized spacial score (nSPS) is 10.1. The summed E-state index contributed by atoms with van der Waals surface area (Å²) in [7, 11) is 0. The third kappa shape index (κ3) is 2.63. The second-order valence-electron chi connectivity index (χ2n) is 4.01. The van der Waals surface area contributed by atoms with Crippen LogP contribution >= 0.6 is 0 Å². The van der Waals surface area contributed by atoms with E-state index < -0.39 is 5.97 Å². The molecule has 0 radical (unpaired) electrons. The molecular formula is C13H13N3O2. The molecular weight excluding hydrogens is 230 g/mol. The molecule has 92 valence electrons. The largest absolute Gasteiger partial charge is 0.477 e. The van der Waals surface area contributed by atoms with Gasteiger partial charge in [0.2, 0.25) is 5.95 Å². The molecule has 5 heteroatoms. The molecule has 2 N–H and O–H groups in total. The lowest BCUT2D eigenvalue weighted by Crippen LogP contribution is -2.05. The predicted molar refractivity (Wildman–Crippen MR) is 68.2 cm³/mol. The summed E-state index contributed by atoms with van der Waals surface area (Å²) in [6.07, 6.45) is 1.42. The number of hydrogen-bond acceptors (Lipinski definition) is 4. The molecule has 5 nitrogen and oxygen atoms in total. The van der Waals surface area contributed by atoms with E-state index >= 15 is 0 Å². The van der Waals surface area contributed by atoms with E-state index in [0.717, 1.165) is 16.8 Å². The Balaban J connectivity index is 2.31. The van der Waals surface area contributed by atoms with Crippen LogP contribution in [0, 0.1) is 13.8 Å². The van der Waals surface area contributed by atoms with Gasteiger partial charge in [-0.2, -0.15) is 0 Å². The van der Waals surface area contributed by atoms with E-state index in [0.29, 0.717) is 0 Å². The number of aromatic nitrogens is 2. The summed E-state index contributed by atoms with van der Waals surface area (Å²) in [5, 5.41) is 11.9. The Hall–Kier alpha value is -2.43. The van der Waals surface area contributed by atoms with Crippen LogP contribution in [-0.2, 0) is 0 Å². The summed E-state index contributed by atoms with van der Waals surface area (Å²) in [6.45, 7) is 3.95. The molecule has 0 aliphatic heterocycles. The van der Waals surface area contributed by atoms with Crippen LogP contribution in [0.3, 0.4) is 0 Å². The number of hydrogen-bond donors (Lipinski definition) is 2. The van der Waals surface area contributed by atoms with Crippen molar-refractivity contribution in [3.63, 3.8) is 0 Å². The van der Waals surface area contributed by atoms with E-state index in [2.05, 4.69) is 15.3 Å². The molecule has 2 aromatic rings. The van der Waals surface area contributed by atoms with Crippen LogP contribution in [0.4, 0.5) is 11.6 Å². The fraction of sp³-hybridized carbons (Fsp3) is 0.154. The first-order valence-electron chi connectivity index (χ1n) is 5.47. The van der Waals surface area contributed by atoms with Crippen LogP contribution in [0.1, 0.15) is 21.6 Å². The van der Waals surface area contributed by atoms with Crippen molar-refractivity contribution in [2.45, 2.75) is 13.8 Å². The van der Waals surface area contributed by atoms with Gasteiger partial charge in [-0.25, -0.2) is 14.8 Å². The zero-order chi connectivity index (χ0) is 13.1. The van der Waals surface area contributed by atoms with Crippen molar-refractivity contribution in [1.29, 1.82) is 0 Å². The minimum Gasteiger partial charge on any atom is -0.477 e. The number of benzene rings is 1. The second kappa shape index (κ2) is 4.83. The van der Waals surface area contributed by atoms with Crippen molar-refractivity contribution >= 4 is 17.6 Å². The molecule has 0 bridgehead atoms. The smallest absolute Gasteiger partial charge is 0.354 e. The minimum atomic E-state index is -1.07. The first-order valence-corrected chi connectivity index (χ1v) is 5.47. The molecule has 0 atom stereocenters. The lowest BCUT2D eigenvalue weighted by molar-refractivity contribution is 0.0690. The van der Waals surface area contributed by atoms with Crippen LogP contribution in [0.2, 0.25) is 0 Å². The van der Waals surface area contributed by atoms with Crippen LogP contribution in [0.15, 0.2) is 30.5 Å². The SMILES string of the molecule is Cc1ccc(C)c(Nc2nccc(C(=O)O)n2)c1. The van der Waals surface area contributed by atoms with Crippen molar-refractivity contribution in [2.75, 3.05) is 5.32 Å². The molecule has 0 aliphatic rings. The number of rotatable bonds is 3. The summed E-state index contributed by atoms with van der Waals surface area (Å²) in [4.78, 5) is 18.7. The number of aromatic carboxylic acids is 1. The standard InChI is InChI=1S/C13H13N3O2/c1-8-3-4-9(2)11(7-8)16-13-14-6-5-10(15-13)12(17)18/h3-7H,1-2H3,(H,17,18)(H,14,15,16). The van der Waals surface area contributed by atoms with Gasteiger partial charge < -0.3 is 10.4 Å². The van der Waals surface area contributed by atoms with E-state index in [9.17, 15) is 4.79 Å². The molecule has 1 aromatic heterocycles. The van der Waals surface area contributed by atoms with Crippen molar-refractivity contribution < 1.29 is 9.90 Å². The highest BCUT2D eigenvalue weighted by atomic mass is 16.4. The zero-order valence-corrected chi connectivity index (χ0v) is 10.1. The van der Waals surface area contributed by atoms with Crippen molar-refractivity contribution in [1.82, 2.24) is 9.97 Å². The van der Waals surface area contributed by atoms with Crippen LogP contribution in [0.5, 0.6) is 0 Å². The van der Waals surface area contributed by atoms with Gasteiger partial charge in [-0.15, -0.1) is 0 Å². The highest BCUT2D eigenvalue weighted by Gasteiger charge is 2.07. The zero-order valence-electron chi connectivity index (χ0n) is 10.1. The molecule has 2 rings (SSSR count). The highest BCUT2D eigenvalue weighted by Crippen LogP contribution is 2.19. The van der Waals surface area contributed by atoms with Crippen LogP contribution < -0.4 is 5.32 Å². The number of anilines is 2. The molecule has 0 amide bonds. The van der Waals surface area contributed by atoms with Gasteiger partial charge in [0.15, 0.2) is 5.69 Å². The number of nitrogens with one attached hydrogen (secondary N) is 1. The van der Waals surface area contributed by atoms with Gasteiger partial charge in [-0.05, 0) is 37.1 Å². The van der Waals surface area contributed by atoms with Gasteiger partial charge in [0.25, 0.3) is 0 Å². The predicted octanol–water partition coefficient (Wildman–Crippen LogP) is 2.54. The molecule has 0 fully saturated rings. The maximum atomic E-state index is 10.8. The quantitative estimate of drug-likeness (QED) is 0.866. The Labute approximate surface area is 105 Å². The van der Waals surface area contributed by atoms with E-state index in [1.807, 2.05) is 32.0 Å². The Kier molecular flexibility index (Phi) is 3.23. The Bertz CT molecular complexity index is 597. The topological polar surface area (TPSA) is 75.1 Å². The molecule has 0 saturated heterocycles. The average Bonchev–Trinajstić information content (AvgIpc) is 2.34. The van der Waals surface area contributed by atoms with Crippen molar-refractivity contribution in [2.24, 2.45) is 0 Å². The van der Waals surface area contributed by atoms with Crippen LogP contribution in [0.25, 0.3) is 0 Å². The first-order chi connectivity index (χ1) is 8.56. The summed E-state index contributed by atoms with van der Waals surface area (Å²) in [5.41, 5.74) is 3.00. The fourth-order valence-corrected chi connectivity index (χ4v) is 1.53. The summed E-state index contributed by atoms with van der Waals surface area (Å²) in [6, 6.07) is 7.32.